The van der Waals surface area contributed by atoms with E-state index in [2.05, 4.69) is 21.0 Å². The molecule has 0 atom stereocenters. The Morgan fingerprint density at radius 2 is 1.48 bits per heavy atom. The molecule has 2 N–H and O–H groups in total. The van der Waals surface area contributed by atoms with Gasteiger partial charge in [-0.15, -0.1) is 10.2 Å². The zero-order valence-electron chi connectivity index (χ0n) is 14.4. The summed E-state index contributed by atoms with van der Waals surface area (Å²) >= 11 is 1.11. The van der Waals surface area contributed by atoms with Crippen LogP contribution in [0.4, 0.5) is 0 Å². The van der Waals surface area contributed by atoms with Crippen LogP contribution >= 0.6 is 11.8 Å². The van der Waals surface area contributed by atoms with Gasteiger partial charge in [-0.05, 0) is 11.1 Å². The van der Waals surface area contributed by atoms with Crippen LogP contribution in [0.3, 0.4) is 0 Å². The first-order valence-electron chi connectivity index (χ1n) is 8.30. The lowest BCUT2D eigenvalue weighted by Gasteiger charge is -2.06. The van der Waals surface area contributed by atoms with Gasteiger partial charge in [0.1, 0.15) is 0 Å². The molecule has 3 rings (SSSR count). The van der Waals surface area contributed by atoms with Crippen molar-refractivity contribution < 1.29 is 14.0 Å². The number of nitrogens with zero attached hydrogens (tertiary/aromatic N) is 2. The SMILES string of the molecule is O=C(CSc1nnc(Cc2ccccc2)o1)NNC(=O)Cc1ccccc1. The molecule has 1 aromatic heterocycles. The molecule has 0 aliphatic rings. The van der Waals surface area contributed by atoms with Crippen LogP contribution in [0.5, 0.6) is 0 Å². The van der Waals surface area contributed by atoms with E-state index < -0.39 is 0 Å². The second kappa shape index (κ2) is 9.54. The summed E-state index contributed by atoms with van der Waals surface area (Å²) in [5.74, 6) is -0.106. The molecule has 0 saturated carbocycles. The summed E-state index contributed by atoms with van der Waals surface area (Å²) in [5, 5.41) is 8.20. The normalized spacial score (nSPS) is 10.4. The molecule has 8 heteroatoms. The van der Waals surface area contributed by atoms with Crippen molar-refractivity contribution in [3.63, 3.8) is 0 Å². The van der Waals surface area contributed by atoms with E-state index in [1.165, 1.54) is 0 Å². The van der Waals surface area contributed by atoms with Crippen molar-refractivity contribution in [2.75, 3.05) is 5.75 Å². The zero-order valence-corrected chi connectivity index (χ0v) is 15.2. The van der Waals surface area contributed by atoms with Gasteiger partial charge >= 0.3 is 0 Å². The molecule has 0 bridgehead atoms. The van der Waals surface area contributed by atoms with Gasteiger partial charge in [0.15, 0.2) is 0 Å². The van der Waals surface area contributed by atoms with E-state index in [1.54, 1.807) is 0 Å². The molecule has 3 aromatic rings. The van der Waals surface area contributed by atoms with Crippen LogP contribution in [0.1, 0.15) is 17.0 Å². The van der Waals surface area contributed by atoms with Crippen LogP contribution in [0.25, 0.3) is 0 Å². The highest BCUT2D eigenvalue weighted by atomic mass is 32.2. The molecule has 0 spiro atoms. The molecule has 138 valence electrons. The number of amides is 2. The minimum atomic E-state index is -0.357. The summed E-state index contributed by atoms with van der Waals surface area (Å²) in [7, 11) is 0. The minimum Gasteiger partial charge on any atom is -0.416 e. The number of hydrogen-bond acceptors (Lipinski definition) is 6. The fraction of sp³-hybridized carbons (Fsp3) is 0.158. The number of carbonyl (C=O) groups is 2. The molecule has 27 heavy (non-hydrogen) atoms. The standard InChI is InChI=1S/C19H18N4O3S/c24-16(11-14-7-3-1-4-8-14)20-21-17(25)13-27-19-23-22-18(26-19)12-15-9-5-2-6-10-15/h1-10H,11-13H2,(H,20,24)(H,21,25). The number of rotatable bonds is 7. The average Bonchev–Trinajstić information content (AvgIpc) is 3.14. The number of thioether (sulfide) groups is 1. The lowest BCUT2D eigenvalue weighted by Crippen LogP contribution is -2.43. The molecule has 1 heterocycles. The molecule has 7 nitrogen and oxygen atoms in total. The smallest absolute Gasteiger partial charge is 0.277 e. The van der Waals surface area contributed by atoms with Gasteiger partial charge in [0.05, 0.1) is 18.6 Å². The fourth-order valence-corrected chi connectivity index (χ4v) is 2.85. The lowest BCUT2D eigenvalue weighted by molar-refractivity contribution is -0.127. The van der Waals surface area contributed by atoms with E-state index in [0.29, 0.717) is 17.5 Å². The van der Waals surface area contributed by atoms with E-state index in [-0.39, 0.29) is 24.0 Å². The zero-order chi connectivity index (χ0) is 18.9. The van der Waals surface area contributed by atoms with Gasteiger partial charge in [-0.3, -0.25) is 20.4 Å². The molecule has 0 saturated heterocycles. The van der Waals surface area contributed by atoms with Crippen LogP contribution in [0, 0.1) is 0 Å². The number of hydrazine groups is 1. The van der Waals surface area contributed by atoms with Crippen molar-refractivity contribution >= 4 is 23.6 Å². The van der Waals surface area contributed by atoms with Crippen molar-refractivity contribution in [3.8, 4) is 0 Å². The Balaban J connectivity index is 1.38. The molecule has 0 fully saturated rings. The van der Waals surface area contributed by atoms with Gasteiger partial charge in [0.25, 0.3) is 5.22 Å². The van der Waals surface area contributed by atoms with Gasteiger partial charge in [-0.2, -0.15) is 0 Å². The van der Waals surface area contributed by atoms with Gasteiger partial charge in [-0.25, -0.2) is 0 Å². The van der Waals surface area contributed by atoms with Gasteiger partial charge < -0.3 is 4.42 Å². The molecule has 2 amide bonds. The van der Waals surface area contributed by atoms with Crippen LogP contribution < -0.4 is 10.9 Å². The summed E-state index contributed by atoms with van der Waals surface area (Å²) in [5.41, 5.74) is 6.69. The highest BCUT2D eigenvalue weighted by Gasteiger charge is 2.11. The van der Waals surface area contributed by atoms with Gasteiger partial charge in [-0.1, -0.05) is 72.4 Å². The summed E-state index contributed by atoms with van der Waals surface area (Å²) < 4.78 is 5.52. The van der Waals surface area contributed by atoms with Crippen molar-refractivity contribution in [1.29, 1.82) is 0 Å². The Bertz CT molecular complexity index is 884. The molecule has 0 aliphatic heterocycles. The van der Waals surface area contributed by atoms with Crippen molar-refractivity contribution in [2.45, 2.75) is 18.1 Å². The molecular weight excluding hydrogens is 364 g/mol. The maximum atomic E-state index is 11.8. The van der Waals surface area contributed by atoms with E-state index in [1.807, 2.05) is 60.7 Å². The highest BCUT2D eigenvalue weighted by molar-refractivity contribution is 7.99. The molecular formula is C19H18N4O3S. The Labute approximate surface area is 160 Å². The lowest BCUT2D eigenvalue weighted by atomic mass is 10.1. The summed E-state index contributed by atoms with van der Waals surface area (Å²) in [6, 6.07) is 19.1. The second-order valence-electron chi connectivity index (χ2n) is 5.67. The summed E-state index contributed by atoms with van der Waals surface area (Å²) in [6.45, 7) is 0. The molecule has 2 aromatic carbocycles. The topological polar surface area (TPSA) is 97.1 Å². The largest absolute Gasteiger partial charge is 0.416 e. The predicted molar refractivity (Wildman–Crippen MR) is 101 cm³/mol. The van der Waals surface area contributed by atoms with Gasteiger partial charge in [0, 0.05) is 0 Å². The summed E-state index contributed by atoms with van der Waals surface area (Å²) in [4.78, 5) is 23.6. The quantitative estimate of drug-likeness (QED) is 0.480. The first-order chi connectivity index (χ1) is 13.2. The number of carbonyl (C=O) groups excluding carboxylic acids is 2. The van der Waals surface area contributed by atoms with E-state index in [4.69, 9.17) is 4.42 Å². The Morgan fingerprint density at radius 3 is 2.19 bits per heavy atom. The first-order valence-corrected chi connectivity index (χ1v) is 9.28. The first kappa shape index (κ1) is 18.7. The third kappa shape index (κ3) is 6.27. The van der Waals surface area contributed by atoms with Crippen molar-refractivity contribution in [2.24, 2.45) is 0 Å². The predicted octanol–water partition coefficient (Wildman–Crippen LogP) is 2.14. The monoisotopic (exact) mass is 382 g/mol. The highest BCUT2D eigenvalue weighted by Crippen LogP contribution is 2.17. The maximum absolute atomic E-state index is 11.8. The van der Waals surface area contributed by atoms with Crippen molar-refractivity contribution in [3.05, 3.63) is 77.7 Å². The maximum Gasteiger partial charge on any atom is 0.277 e. The van der Waals surface area contributed by atoms with Crippen LogP contribution in [0.2, 0.25) is 0 Å². The molecule has 0 radical (unpaired) electrons. The average molecular weight is 382 g/mol. The fourth-order valence-electron chi connectivity index (χ4n) is 2.27. The van der Waals surface area contributed by atoms with E-state index >= 15 is 0 Å². The Hall–Kier alpha value is -3.13. The minimum absolute atomic E-state index is 0.0542. The van der Waals surface area contributed by atoms with Crippen LogP contribution in [-0.4, -0.2) is 27.8 Å². The number of aromatic nitrogens is 2. The van der Waals surface area contributed by atoms with Crippen LogP contribution in [-0.2, 0) is 22.4 Å². The van der Waals surface area contributed by atoms with E-state index in [0.717, 1.165) is 22.9 Å². The third-order valence-electron chi connectivity index (χ3n) is 3.52. The third-order valence-corrected chi connectivity index (χ3v) is 4.34. The number of nitrogens with one attached hydrogen (secondary N) is 2. The molecule has 0 unspecified atom stereocenters. The number of benzene rings is 2. The molecule has 0 aliphatic carbocycles. The van der Waals surface area contributed by atoms with Gasteiger partial charge in [0.2, 0.25) is 17.7 Å². The van der Waals surface area contributed by atoms with Crippen molar-refractivity contribution in [1.82, 2.24) is 21.0 Å². The van der Waals surface area contributed by atoms with E-state index in [9.17, 15) is 9.59 Å². The van der Waals surface area contributed by atoms with Crippen LogP contribution in [0.15, 0.2) is 70.3 Å². The summed E-state index contributed by atoms with van der Waals surface area (Å²) in [6.07, 6.45) is 0.733. The Morgan fingerprint density at radius 1 is 0.852 bits per heavy atom. The second-order valence-corrected chi connectivity index (χ2v) is 6.60. The number of hydrogen-bond donors (Lipinski definition) is 2. The Kier molecular flexibility index (Phi) is 6.59.